The van der Waals surface area contributed by atoms with E-state index >= 15 is 0 Å². The predicted molar refractivity (Wildman–Crippen MR) is 82.6 cm³/mol. The van der Waals surface area contributed by atoms with Crippen LogP contribution >= 0.6 is 15.9 Å². The van der Waals surface area contributed by atoms with E-state index in [1.165, 1.54) is 0 Å². The van der Waals surface area contributed by atoms with Crippen LogP contribution in [0.3, 0.4) is 0 Å². The molecule has 2 aromatic carbocycles. The Hall–Kier alpha value is -1.65. The molecule has 4 heteroatoms. The molecule has 0 aliphatic rings. The van der Waals surface area contributed by atoms with Crippen molar-refractivity contribution < 1.29 is 9.90 Å². The molecule has 0 spiro atoms. The maximum atomic E-state index is 12.3. The summed E-state index contributed by atoms with van der Waals surface area (Å²) in [5.41, 5.74) is 2.46. The monoisotopic (exact) mass is 333 g/mol. The van der Waals surface area contributed by atoms with Gasteiger partial charge in [-0.3, -0.25) is 4.79 Å². The van der Waals surface area contributed by atoms with E-state index in [0.29, 0.717) is 5.56 Å². The van der Waals surface area contributed by atoms with Crippen molar-refractivity contribution in [1.29, 1.82) is 0 Å². The van der Waals surface area contributed by atoms with E-state index in [-0.39, 0.29) is 12.5 Å². The Bertz CT molecular complexity index is 599. The fourth-order valence-corrected chi connectivity index (χ4v) is 2.40. The molecular weight excluding hydrogens is 318 g/mol. The number of hydrogen-bond acceptors (Lipinski definition) is 2. The molecule has 0 unspecified atom stereocenters. The maximum Gasteiger partial charge on any atom is 0.252 e. The smallest absolute Gasteiger partial charge is 0.252 e. The summed E-state index contributed by atoms with van der Waals surface area (Å²) in [5, 5.41) is 12.3. The topological polar surface area (TPSA) is 49.3 Å². The number of amides is 1. The summed E-state index contributed by atoms with van der Waals surface area (Å²) in [6.07, 6.45) is 0. The number of carbonyl (C=O) groups is 1. The van der Waals surface area contributed by atoms with Crippen LogP contribution < -0.4 is 5.32 Å². The lowest BCUT2D eigenvalue weighted by molar-refractivity contribution is 0.0915. The first-order chi connectivity index (χ1) is 9.61. The fourth-order valence-electron chi connectivity index (χ4n) is 1.97. The summed E-state index contributed by atoms with van der Waals surface area (Å²) >= 11 is 3.38. The number of nitrogens with one attached hydrogen (secondary N) is 1. The van der Waals surface area contributed by atoms with Crippen molar-refractivity contribution in [3.05, 3.63) is 69.7 Å². The van der Waals surface area contributed by atoms with E-state index < -0.39 is 6.04 Å². The molecule has 2 aromatic rings. The van der Waals surface area contributed by atoms with Gasteiger partial charge in [-0.1, -0.05) is 42.0 Å². The highest BCUT2D eigenvalue weighted by Gasteiger charge is 2.16. The van der Waals surface area contributed by atoms with Crippen molar-refractivity contribution in [3.8, 4) is 0 Å². The van der Waals surface area contributed by atoms with Gasteiger partial charge in [0.2, 0.25) is 0 Å². The number of aliphatic hydroxyl groups excluding tert-OH is 1. The minimum absolute atomic E-state index is 0.140. The summed E-state index contributed by atoms with van der Waals surface area (Å²) in [4.78, 5) is 12.3. The van der Waals surface area contributed by atoms with Crippen LogP contribution in [0.5, 0.6) is 0 Å². The molecule has 104 valence electrons. The van der Waals surface area contributed by atoms with E-state index in [0.717, 1.165) is 15.6 Å². The third-order valence-electron chi connectivity index (χ3n) is 3.06. The minimum Gasteiger partial charge on any atom is -0.394 e. The molecule has 0 heterocycles. The average molecular weight is 334 g/mol. The molecule has 0 saturated carbocycles. The van der Waals surface area contributed by atoms with Crippen LogP contribution in [0.2, 0.25) is 0 Å². The van der Waals surface area contributed by atoms with Gasteiger partial charge >= 0.3 is 0 Å². The number of rotatable bonds is 4. The standard InChI is InChI=1S/C16H16BrNO2/c1-11-7-8-14(17)13(9-11)16(20)18-15(10-19)12-5-3-2-4-6-12/h2-9,15,19H,10H2,1H3,(H,18,20)/t15-/m0/s1. The first kappa shape index (κ1) is 14.8. The zero-order chi connectivity index (χ0) is 14.5. The van der Waals surface area contributed by atoms with Crippen molar-refractivity contribution in [2.24, 2.45) is 0 Å². The van der Waals surface area contributed by atoms with Crippen LogP contribution in [0.1, 0.15) is 27.5 Å². The predicted octanol–water partition coefficient (Wildman–Crippen LogP) is 3.22. The van der Waals surface area contributed by atoms with Crippen molar-refractivity contribution >= 4 is 21.8 Å². The minimum atomic E-state index is -0.406. The lowest BCUT2D eigenvalue weighted by Gasteiger charge is -2.17. The van der Waals surface area contributed by atoms with Crippen LogP contribution in [-0.2, 0) is 0 Å². The summed E-state index contributed by atoms with van der Waals surface area (Å²) in [5.74, 6) is -0.205. The Labute approximate surface area is 126 Å². The van der Waals surface area contributed by atoms with Gasteiger partial charge in [-0.2, -0.15) is 0 Å². The molecule has 3 nitrogen and oxygen atoms in total. The second-order valence-corrected chi connectivity index (χ2v) is 5.46. The van der Waals surface area contributed by atoms with Crippen molar-refractivity contribution in [2.45, 2.75) is 13.0 Å². The summed E-state index contributed by atoms with van der Waals surface area (Å²) in [7, 11) is 0. The molecule has 0 bridgehead atoms. The highest BCUT2D eigenvalue weighted by Crippen LogP contribution is 2.20. The number of halogens is 1. The molecule has 0 saturated heterocycles. The highest BCUT2D eigenvalue weighted by atomic mass is 79.9. The first-order valence-corrected chi connectivity index (χ1v) is 7.14. The normalized spacial score (nSPS) is 11.9. The van der Waals surface area contributed by atoms with Crippen LogP contribution in [0.15, 0.2) is 53.0 Å². The molecule has 1 atom stereocenters. The lowest BCUT2D eigenvalue weighted by Crippen LogP contribution is -2.31. The van der Waals surface area contributed by atoms with Crippen LogP contribution in [0.25, 0.3) is 0 Å². The van der Waals surface area contributed by atoms with Gasteiger partial charge in [-0.25, -0.2) is 0 Å². The molecular formula is C16H16BrNO2. The number of carbonyl (C=O) groups excluding carboxylic acids is 1. The van der Waals surface area contributed by atoms with Crippen molar-refractivity contribution in [2.75, 3.05) is 6.61 Å². The second kappa shape index (κ2) is 6.68. The van der Waals surface area contributed by atoms with Gasteiger partial charge < -0.3 is 10.4 Å². The van der Waals surface area contributed by atoms with Crippen LogP contribution in [0, 0.1) is 6.92 Å². The Balaban J connectivity index is 2.20. The van der Waals surface area contributed by atoms with Gasteiger partial charge in [-0.05, 0) is 40.5 Å². The third kappa shape index (κ3) is 3.46. The summed E-state index contributed by atoms with van der Waals surface area (Å²) in [6, 6.07) is 14.6. The van der Waals surface area contributed by atoms with E-state index in [1.54, 1.807) is 0 Å². The van der Waals surface area contributed by atoms with Gasteiger partial charge in [0.05, 0.1) is 18.2 Å². The van der Waals surface area contributed by atoms with Gasteiger partial charge in [0, 0.05) is 4.47 Å². The molecule has 0 aliphatic carbocycles. The van der Waals surface area contributed by atoms with Gasteiger partial charge in [0.1, 0.15) is 0 Å². The molecule has 2 rings (SSSR count). The van der Waals surface area contributed by atoms with Crippen molar-refractivity contribution in [3.63, 3.8) is 0 Å². The molecule has 2 N–H and O–H groups in total. The lowest BCUT2D eigenvalue weighted by atomic mass is 10.1. The Morgan fingerprint density at radius 3 is 2.60 bits per heavy atom. The molecule has 1 amide bonds. The van der Waals surface area contributed by atoms with Gasteiger partial charge in [0.15, 0.2) is 0 Å². The van der Waals surface area contributed by atoms with E-state index in [9.17, 15) is 9.90 Å². The zero-order valence-corrected chi connectivity index (χ0v) is 12.7. The van der Waals surface area contributed by atoms with Gasteiger partial charge in [-0.15, -0.1) is 0 Å². The van der Waals surface area contributed by atoms with Crippen LogP contribution in [0.4, 0.5) is 0 Å². The SMILES string of the molecule is Cc1ccc(Br)c(C(=O)N[C@@H](CO)c2ccccc2)c1. The maximum absolute atomic E-state index is 12.3. The quantitative estimate of drug-likeness (QED) is 0.902. The summed E-state index contributed by atoms with van der Waals surface area (Å²) in [6.45, 7) is 1.79. The van der Waals surface area contributed by atoms with Gasteiger partial charge in [0.25, 0.3) is 5.91 Å². The number of aliphatic hydroxyl groups is 1. The Kier molecular flexibility index (Phi) is 4.93. The van der Waals surface area contributed by atoms with Crippen molar-refractivity contribution in [1.82, 2.24) is 5.32 Å². The van der Waals surface area contributed by atoms with E-state index in [4.69, 9.17) is 0 Å². The Morgan fingerprint density at radius 2 is 1.95 bits per heavy atom. The summed E-state index contributed by atoms with van der Waals surface area (Å²) < 4.78 is 0.741. The number of hydrogen-bond donors (Lipinski definition) is 2. The number of benzene rings is 2. The first-order valence-electron chi connectivity index (χ1n) is 6.34. The number of aryl methyl sites for hydroxylation is 1. The average Bonchev–Trinajstić information content (AvgIpc) is 2.48. The van der Waals surface area contributed by atoms with E-state index in [2.05, 4.69) is 21.2 Å². The molecule has 20 heavy (non-hydrogen) atoms. The third-order valence-corrected chi connectivity index (χ3v) is 3.75. The molecule has 0 fully saturated rings. The molecule has 0 radical (unpaired) electrons. The molecule has 0 aliphatic heterocycles. The fraction of sp³-hybridized carbons (Fsp3) is 0.188. The molecule has 0 aromatic heterocycles. The Morgan fingerprint density at radius 1 is 1.25 bits per heavy atom. The second-order valence-electron chi connectivity index (χ2n) is 4.60. The largest absolute Gasteiger partial charge is 0.394 e. The zero-order valence-electron chi connectivity index (χ0n) is 11.1. The van der Waals surface area contributed by atoms with Crippen LogP contribution in [-0.4, -0.2) is 17.6 Å². The highest BCUT2D eigenvalue weighted by molar-refractivity contribution is 9.10. The van der Waals surface area contributed by atoms with E-state index in [1.807, 2.05) is 55.5 Å².